The van der Waals surface area contributed by atoms with E-state index in [-0.39, 0.29) is 12.7 Å². The topological polar surface area (TPSA) is 64.6 Å². The first kappa shape index (κ1) is 18.1. The zero-order valence-electron chi connectivity index (χ0n) is 16.2. The molecule has 0 radical (unpaired) electrons. The predicted molar refractivity (Wildman–Crippen MR) is 112 cm³/mol. The summed E-state index contributed by atoms with van der Waals surface area (Å²) in [5.74, 6) is 1.25. The van der Waals surface area contributed by atoms with Crippen molar-refractivity contribution >= 4 is 16.9 Å². The maximum absolute atomic E-state index is 13.4. The molecule has 1 aromatic heterocycles. The van der Waals surface area contributed by atoms with E-state index in [2.05, 4.69) is 9.97 Å². The van der Waals surface area contributed by atoms with Gasteiger partial charge in [0.15, 0.2) is 11.5 Å². The van der Waals surface area contributed by atoms with E-state index in [1.807, 2.05) is 72.8 Å². The number of amides is 1. The van der Waals surface area contributed by atoms with E-state index in [1.54, 1.807) is 11.1 Å². The second-order valence-corrected chi connectivity index (χ2v) is 7.08. The van der Waals surface area contributed by atoms with Gasteiger partial charge < -0.3 is 14.4 Å². The highest BCUT2D eigenvalue weighted by Crippen LogP contribution is 2.33. The van der Waals surface area contributed by atoms with Crippen LogP contribution in [0.25, 0.3) is 11.0 Å². The third kappa shape index (κ3) is 3.67. The van der Waals surface area contributed by atoms with Crippen molar-refractivity contribution in [3.63, 3.8) is 0 Å². The standard InChI is InChI=1S/C24H19N3O3/c28-24(21-13-25-19-8-4-5-9-20(19)26-21)27(14-17-6-2-1-3-7-17)15-18-10-11-22-23(12-18)30-16-29-22/h1-13H,14-16H2. The summed E-state index contributed by atoms with van der Waals surface area (Å²) in [5, 5.41) is 0. The molecule has 5 rings (SSSR count). The highest BCUT2D eigenvalue weighted by atomic mass is 16.7. The van der Waals surface area contributed by atoms with Gasteiger partial charge in [0.05, 0.1) is 17.2 Å². The van der Waals surface area contributed by atoms with Crippen molar-refractivity contribution in [3.8, 4) is 11.5 Å². The summed E-state index contributed by atoms with van der Waals surface area (Å²) in [6.45, 7) is 1.10. The molecule has 1 aliphatic heterocycles. The number of hydrogen-bond donors (Lipinski definition) is 0. The molecule has 0 spiro atoms. The van der Waals surface area contributed by atoms with Crippen molar-refractivity contribution < 1.29 is 14.3 Å². The Morgan fingerprint density at radius 3 is 2.43 bits per heavy atom. The van der Waals surface area contributed by atoms with Crippen LogP contribution in [0.4, 0.5) is 0 Å². The van der Waals surface area contributed by atoms with Crippen molar-refractivity contribution in [3.05, 3.63) is 95.8 Å². The molecule has 0 saturated heterocycles. The highest BCUT2D eigenvalue weighted by Gasteiger charge is 2.21. The number of carbonyl (C=O) groups is 1. The van der Waals surface area contributed by atoms with Crippen LogP contribution >= 0.6 is 0 Å². The number of nitrogens with zero attached hydrogens (tertiary/aromatic N) is 3. The Bertz CT molecular complexity index is 1210. The third-order valence-corrected chi connectivity index (χ3v) is 4.98. The molecule has 3 aromatic carbocycles. The first-order chi connectivity index (χ1) is 14.8. The zero-order chi connectivity index (χ0) is 20.3. The summed E-state index contributed by atoms with van der Waals surface area (Å²) in [6.07, 6.45) is 1.54. The molecule has 0 bridgehead atoms. The van der Waals surface area contributed by atoms with E-state index in [1.165, 1.54) is 0 Å². The van der Waals surface area contributed by atoms with Gasteiger partial charge in [0.2, 0.25) is 6.79 Å². The first-order valence-corrected chi connectivity index (χ1v) is 9.70. The number of benzene rings is 3. The van der Waals surface area contributed by atoms with Crippen molar-refractivity contribution in [2.45, 2.75) is 13.1 Å². The quantitative estimate of drug-likeness (QED) is 0.505. The van der Waals surface area contributed by atoms with E-state index >= 15 is 0 Å². The molecular weight excluding hydrogens is 378 g/mol. The molecule has 0 fully saturated rings. The Morgan fingerprint density at radius 1 is 0.833 bits per heavy atom. The van der Waals surface area contributed by atoms with Gasteiger partial charge in [-0.05, 0) is 35.4 Å². The number of rotatable bonds is 5. The maximum atomic E-state index is 13.4. The summed E-state index contributed by atoms with van der Waals surface area (Å²) >= 11 is 0. The van der Waals surface area contributed by atoms with Gasteiger partial charge in [-0.3, -0.25) is 9.78 Å². The number of para-hydroxylation sites is 2. The molecule has 0 aliphatic carbocycles. The number of carbonyl (C=O) groups excluding carboxylic acids is 1. The predicted octanol–water partition coefficient (Wildman–Crippen LogP) is 4.20. The van der Waals surface area contributed by atoms with Crippen LogP contribution in [0.2, 0.25) is 0 Å². The van der Waals surface area contributed by atoms with Crippen molar-refractivity contribution in [2.75, 3.05) is 6.79 Å². The molecule has 148 valence electrons. The number of fused-ring (bicyclic) bond motifs is 2. The molecule has 4 aromatic rings. The van der Waals surface area contributed by atoms with Crippen molar-refractivity contribution in [1.82, 2.24) is 14.9 Å². The smallest absolute Gasteiger partial charge is 0.274 e. The second-order valence-electron chi connectivity index (χ2n) is 7.08. The zero-order valence-corrected chi connectivity index (χ0v) is 16.2. The molecule has 0 unspecified atom stereocenters. The van der Waals surface area contributed by atoms with Gasteiger partial charge in [-0.25, -0.2) is 4.98 Å². The van der Waals surface area contributed by atoms with Crippen LogP contribution < -0.4 is 9.47 Å². The number of hydrogen-bond acceptors (Lipinski definition) is 5. The largest absolute Gasteiger partial charge is 0.454 e. The van der Waals surface area contributed by atoms with Crippen LogP contribution in [0.5, 0.6) is 11.5 Å². The Balaban J connectivity index is 1.47. The van der Waals surface area contributed by atoms with Crippen LogP contribution in [0.3, 0.4) is 0 Å². The van der Waals surface area contributed by atoms with Crippen LogP contribution in [-0.4, -0.2) is 27.6 Å². The average Bonchev–Trinajstić information content (AvgIpc) is 3.26. The summed E-state index contributed by atoms with van der Waals surface area (Å²) < 4.78 is 10.9. The molecule has 0 N–H and O–H groups in total. The van der Waals surface area contributed by atoms with Crippen molar-refractivity contribution in [2.24, 2.45) is 0 Å². The normalized spacial score (nSPS) is 12.1. The average molecular weight is 397 g/mol. The van der Waals surface area contributed by atoms with E-state index in [9.17, 15) is 4.79 Å². The van der Waals surface area contributed by atoms with E-state index in [0.717, 1.165) is 22.4 Å². The molecule has 6 heteroatoms. The monoisotopic (exact) mass is 397 g/mol. The summed E-state index contributed by atoms with van der Waals surface area (Å²) in [4.78, 5) is 24.1. The lowest BCUT2D eigenvalue weighted by atomic mass is 10.1. The summed E-state index contributed by atoms with van der Waals surface area (Å²) in [7, 11) is 0. The molecule has 2 heterocycles. The van der Waals surface area contributed by atoms with Crippen LogP contribution in [-0.2, 0) is 13.1 Å². The van der Waals surface area contributed by atoms with E-state index in [4.69, 9.17) is 9.47 Å². The highest BCUT2D eigenvalue weighted by molar-refractivity contribution is 5.93. The lowest BCUT2D eigenvalue weighted by Crippen LogP contribution is -2.31. The first-order valence-electron chi connectivity index (χ1n) is 9.70. The minimum Gasteiger partial charge on any atom is -0.454 e. The fourth-order valence-corrected chi connectivity index (χ4v) is 3.49. The number of aromatic nitrogens is 2. The SMILES string of the molecule is O=C(c1cnc2ccccc2n1)N(Cc1ccccc1)Cc1ccc2c(c1)OCO2. The summed E-state index contributed by atoms with van der Waals surface area (Å²) in [6, 6.07) is 23.2. The van der Waals surface area contributed by atoms with Gasteiger partial charge >= 0.3 is 0 Å². The fraction of sp³-hybridized carbons (Fsp3) is 0.125. The minimum atomic E-state index is -0.172. The lowest BCUT2D eigenvalue weighted by molar-refractivity contribution is 0.0724. The van der Waals surface area contributed by atoms with Gasteiger partial charge in [0.1, 0.15) is 5.69 Å². The van der Waals surface area contributed by atoms with Crippen LogP contribution in [0.1, 0.15) is 21.6 Å². The van der Waals surface area contributed by atoms with E-state index < -0.39 is 0 Å². The Kier molecular flexibility index (Phi) is 4.73. The minimum absolute atomic E-state index is 0.172. The third-order valence-electron chi connectivity index (χ3n) is 4.98. The lowest BCUT2D eigenvalue weighted by Gasteiger charge is -2.23. The van der Waals surface area contributed by atoms with Gasteiger partial charge in [0, 0.05) is 13.1 Å². The van der Waals surface area contributed by atoms with Crippen LogP contribution in [0.15, 0.2) is 79.0 Å². The van der Waals surface area contributed by atoms with Crippen LogP contribution in [0, 0.1) is 0 Å². The fourth-order valence-electron chi connectivity index (χ4n) is 3.49. The van der Waals surface area contributed by atoms with Gasteiger partial charge in [-0.1, -0.05) is 48.5 Å². The van der Waals surface area contributed by atoms with E-state index in [0.29, 0.717) is 30.0 Å². The van der Waals surface area contributed by atoms with Crippen molar-refractivity contribution in [1.29, 1.82) is 0 Å². The Hall–Kier alpha value is -3.93. The molecule has 30 heavy (non-hydrogen) atoms. The second kappa shape index (κ2) is 7.83. The molecule has 1 aliphatic rings. The Morgan fingerprint density at radius 2 is 1.57 bits per heavy atom. The Labute approximate surface area is 173 Å². The molecule has 6 nitrogen and oxygen atoms in total. The molecule has 0 saturated carbocycles. The number of ether oxygens (including phenoxy) is 2. The molecule has 0 atom stereocenters. The summed E-state index contributed by atoms with van der Waals surface area (Å²) in [5.41, 5.74) is 3.79. The maximum Gasteiger partial charge on any atom is 0.274 e. The van der Waals surface area contributed by atoms with Gasteiger partial charge in [-0.2, -0.15) is 0 Å². The van der Waals surface area contributed by atoms with Gasteiger partial charge in [0.25, 0.3) is 5.91 Å². The van der Waals surface area contributed by atoms with Gasteiger partial charge in [-0.15, -0.1) is 0 Å². The molecular formula is C24H19N3O3. The molecule has 1 amide bonds.